The van der Waals surface area contributed by atoms with Crippen molar-refractivity contribution in [2.24, 2.45) is 5.92 Å². The minimum atomic E-state index is -3.88. The number of nitrogens with zero attached hydrogens (tertiary/aromatic N) is 4. The zero-order valence-corrected chi connectivity index (χ0v) is 24.3. The Morgan fingerprint density at radius 3 is 2.37 bits per heavy atom. The molecule has 2 aliphatic rings. The molecule has 4 rings (SSSR count). The number of carbonyl (C=O) groups is 3. The monoisotopic (exact) mass is 581 g/mol. The first-order valence-corrected chi connectivity index (χ1v) is 15.4. The highest BCUT2D eigenvalue weighted by molar-refractivity contribution is 7.89. The second-order valence-electron chi connectivity index (χ2n) is 11.0. The molecule has 11 nitrogen and oxygen atoms in total. The van der Waals surface area contributed by atoms with Crippen molar-refractivity contribution in [2.45, 2.75) is 64.7 Å². The first-order chi connectivity index (χ1) is 19.4. The van der Waals surface area contributed by atoms with Crippen molar-refractivity contribution in [3.8, 4) is 6.07 Å². The number of nitriles is 1. The van der Waals surface area contributed by atoms with Crippen molar-refractivity contribution in [3.05, 3.63) is 57.8 Å². The first-order valence-electron chi connectivity index (χ1n) is 13.7. The van der Waals surface area contributed by atoms with Crippen LogP contribution in [0.4, 0.5) is 5.82 Å². The Balaban J connectivity index is 1.54. The number of sulfonamides is 1. The van der Waals surface area contributed by atoms with Crippen LogP contribution in [0.3, 0.4) is 0 Å². The summed E-state index contributed by atoms with van der Waals surface area (Å²) in [6.45, 7) is 6.72. The van der Waals surface area contributed by atoms with Gasteiger partial charge in [0.05, 0.1) is 29.1 Å². The summed E-state index contributed by atoms with van der Waals surface area (Å²) in [5, 5.41) is 20.2. The third-order valence-electron chi connectivity index (χ3n) is 7.61. The third-order valence-corrected chi connectivity index (χ3v) is 8.83. The molecule has 2 aliphatic heterocycles. The minimum absolute atomic E-state index is 0.0383. The van der Waals surface area contributed by atoms with Gasteiger partial charge in [0, 0.05) is 32.0 Å². The topological polar surface area (TPSA) is 161 Å². The highest BCUT2D eigenvalue weighted by Crippen LogP contribution is 2.35. The van der Waals surface area contributed by atoms with Crippen molar-refractivity contribution >= 4 is 33.6 Å². The molecule has 0 bridgehead atoms. The molecule has 41 heavy (non-hydrogen) atoms. The van der Waals surface area contributed by atoms with Gasteiger partial charge in [0.2, 0.25) is 21.8 Å². The lowest BCUT2D eigenvalue weighted by Crippen LogP contribution is -2.43. The normalized spacial score (nSPS) is 16.2. The zero-order valence-electron chi connectivity index (χ0n) is 23.5. The smallest absolute Gasteiger partial charge is 0.337 e. The Morgan fingerprint density at radius 1 is 1.17 bits per heavy atom. The number of benzene rings is 1. The summed E-state index contributed by atoms with van der Waals surface area (Å²) in [7, 11) is -3.88. The van der Waals surface area contributed by atoms with E-state index in [1.807, 2.05) is 37.8 Å². The van der Waals surface area contributed by atoms with E-state index >= 15 is 0 Å². The van der Waals surface area contributed by atoms with Gasteiger partial charge < -0.3 is 14.9 Å². The van der Waals surface area contributed by atoms with Crippen LogP contribution in [-0.4, -0.2) is 60.8 Å². The molecule has 218 valence electrons. The summed E-state index contributed by atoms with van der Waals surface area (Å²) in [6.07, 6.45) is 1.75. The van der Waals surface area contributed by atoms with E-state index in [0.29, 0.717) is 62.3 Å². The summed E-state index contributed by atoms with van der Waals surface area (Å²) in [5.41, 5.74) is 2.30. The maximum Gasteiger partial charge on any atom is 0.337 e. The van der Waals surface area contributed by atoms with Gasteiger partial charge in [-0.3, -0.25) is 14.3 Å². The SMILES string of the molecule is Cc1ccc(CS(=O)(=O)NC(=O)C2CCN(c3nc(CN4CCCC4=O)c(C(=O)O)c(C(C)C)c3C#N)CC2)cc1. The van der Waals surface area contributed by atoms with Crippen LogP contribution in [0.5, 0.6) is 0 Å². The number of pyridine rings is 1. The number of aryl methyl sites for hydroxylation is 1. The molecule has 1 aromatic heterocycles. The molecule has 2 N–H and O–H groups in total. The Morgan fingerprint density at radius 2 is 1.83 bits per heavy atom. The molecule has 0 unspecified atom stereocenters. The van der Waals surface area contributed by atoms with Gasteiger partial charge in [-0.1, -0.05) is 43.7 Å². The summed E-state index contributed by atoms with van der Waals surface area (Å²) >= 11 is 0. The molecule has 0 atom stereocenters. The summed E-state index contributed by atoms with van der Waals surface area (Å²) in [4.78, 5) is 45.6. The van der Waals surface area contributed by atoms with Crippen LogP contribution in [0.2, 0.25) is 0 Å². The molecule has 2 amide bonds. The number of hydrogen-bond donors (Lipinski definition) is 2. The molecule has 2 aromatic rings. The average molecular weight is 582 g/mol. The van der Waals surface area contributed by atoms with Gasteiger partial charge in [0.15, 0.2) is 0 Å². The summed E-state index contributed by atoms with van der Waals surface area (Å²) in [6, 6.07) is 9.21. The van der Waals surface area contributed by atoms with Crippen LogP contribution in [0.1, 0.15) is 83.8 Å². The zero-order chi connectivity index (χ0) is 29.9. The summed E-state index contributed by atoms with van der Waals surface area (Å²) < 4.78 is 27.5. The van der Waals surface area contributed by atoms with E-state index in [9.17, 15) is 33.2 Å². The molecule has 0 spiro atoms. The number of amides is 2. The van der Waals surface area contributed by atoms with Crippen LogP contribution >= 0.6 is 0 Å². The number of likely N-dealkylation sites (tertiary alicyclic amines) is 1. The van der Waals surface area contributed by atoms with E-state index in [-0.39, 0.29) is 40.9 Å². The van der Waals surface area contributed by atoms with E-state index < -0.39 is 27.8 Å². The van der Waals surface area contributed by atoms with Crippen molar-refractivity contribution in [2.75, 3.05) is 24.5 Å². The highest BCUT2D eigenvalue weighted by atomic mass is 32.2. The fourth-order valence-electron chi connectivity index (χ4n) is 5.49. The number of piperidine rings is 1. The molecule has 12 heteroatoms. The van der Waals surface area contributed by atoms with Crippen molar-refractivity contribution in [3.63, 3.8) is 0 Å². The standard InChI is InChI=1S/C29H35N5O6S/c1-18(2)25-22(15-30)27(31-23(26(25)29(37)38)16-34-12-4-5-24(34)35)33-13-10-21(11-14-33)28(36)32-41(39,40)17-20-8-6-19(3)7-9-20/h6-9,18,21H,4-5,10-14,16-17H2,1-3H3,(H,32,36)(H,37,38). The quantitative estimate of drug-likeness (QED) is 0.453. The lowest BCUT2D eigenvalue weighted by molar-refractivity contribution is -0.128. The van der Waals surface area contributed by atoms with Crippen LogP contribution in [-0.2, 0) is 31.9 Å². The number of anilines is 1. The van der Waals surface area contributed by atoms with Crippen LogP contribution in [0, 0.1) is 24.2 Å². The second kappa shape index (κ2) is 12.3. The Kier molecular flexibility index (Phi) is 8.97. The van der Waals surface area contributed by atoms with Gasteiger partial charge in [-0.15, -0.1) is 0 Å². The number of rotatable bonds is 9. The number of nitrogens with one attached hydrogen (secondary N) is 1. The molecular weight excluding hydrogens is 546 g/mol. The molecule has 2 saturated heterocycles. The third kappa shape index (κ3) is 6.85. The van der Waals surface area contributed by atoms with Gasteiger partial charge in [-0.25, -0.2) is 18.2 Å². The molecular formula is C29H35N5O6S. The number of carboxylic acids is 1. The van der Waals surface area contributed by atoms with Crippen molar-refractivity contribution in [1.82, 2.24) is 14.6 Å². The van der Waals surface area contributed by atoms with E-state index in [0.717, 1.165) is 5.56 Å². The maximum absolute atomic E-state index is 12.9. The minimum Gasteiger partial charge on any atom is -0.478 e. The molecule has 3 heterocycles. The second-order valence-corrected chi connectivity index (χ2v) is 12.7. The number of aromatic nitrogens is 1. The van der Waals surface area contributed by atoms with E-state index in [4.69, 9.17) is 0 Å². The predicted octanol–water partition coefficient (Wildman–Crippen LogP) is 3.07. The number of aromatic carboxylic acids is 1. The Hall–Kier alpha value is -3.98. The number of carbonyl (C=O) groups excluding carboxylic acids is 2. The van der Waals surface area contributed by atoms with E-state index in [1.54, 1.807) is 17.0 Å². The predicted molar refractivity (Wildman–Crippen MR) is 152 cm³/mol. The van der Waals surface area contributed by atoms with Gasteiger partial charge >= 0.3 is 5.97 Å². The van der Waals surface area contributed by atoms with Crippen molar-refractivity contribution < 1.29 is 27.9 Å². The van der Waals surface area contributed by atoms with Gasteiger partial charge in [0.1, 0.15) is 11.9 Å². The molecule has 2 fully saturated rings. The van der Waals surface area contributed by atoms with Crippen LogP contribution in [0.25, 0.3) is 0 Å². The average Bonchev–Trinajstić information content (AvgIpc) is 3.32. The largest absolute Gasteiger partial charge is 0.478 e. The van der Waals surface area contributed by atoms with Crippen LogP contribution in [0.15, 0.2) is 24.3 Å². The van der Waals surface area contributed by atoms with Gasteiger partial charge in [0.25, 0.3) is 0 Å². The summed E-state index contributed by atoms with van der Waals surface area (Å²) in [5.74, 6) is -2.65. The number of hydrogen-bond acceptors (Lipinski definition) is 8. The van der Waals surface area contributed by atoms with Gasteiger partial charge in [-0.2, -0.15) is 5.26 Å². The fraction of sp³-hybridized carbons (Fsp3) is 0.483. The maximum atomic E-state index is 12.9. The molecule has 0 radical (unpaired) electrons. The molecule has 0 saturated carbocycles. The lowest BCUT2D eigenvalue weighted by Gasteiger charge is -2.34. The van der Waals surface area contributed by atoms with E-state index in [2.05, 4.69) is 15.8 Å². The Bertz CT molecular complexity index is 1490. The Labute approximate surface area is 240 Å². The molecule has 1 aromatic carbocycles. The lowest BCUT2D eigenvalue weighted by atomic mass is 9.90. The fourth-order valence-corrected chi connectivity index (χ4v) is 6.67. The molecule has 0 aliphatic carbocycles. The van der Waals surface area contributed by atoms with Gasteiger partial charge in [-0.05, 0) is 43.2 Å². The van der Waals surface area contributed by atoms with Crippen molar-refractivity contribution in [1.29, 1.82) is 5.26 Å². The highest BCUT2D eigenvalue weighted by Gasteiger charge is 2.33. The van der Waals surface area contributed by atoms with Crippen LogP contribution < -0.4 is 9.62 Å². The first kappa shape index (κ1) is 30.0. The number of carboxylic acid groups (broad SMARTS) is 1. The van der Waals surface area contributed by atoms with E-state index in [1.165, 1.54) is 0 Å².